The number of pyridine rings is 1. The molecule has 4 rings (SSSR count). The van der Waals surface area contributed by atoms with E-state index in [9.17, 15) is 5.11 Å². The van der Waals surface area contributed by atoms with Crippen LogP contribution in [0.4, 0.5) is 5.82 Å². The van der Waals surface area contributed by atoms with E-state index in [0.29, 0.717) is 28.5 Å². The predicted molar refractivity (Wildman–Crippen MR) is 90.2 cm³/mol. The summed E-state index contributed by atoms with van der Waals surface area (Å²) in [5.74, 6) is 1.01. The molecule has 0 aliphatic carbocycles. The van der Waals surface area contributed by atoms with Crippen molar-refractivity contribution in [2.24, 2.45) is 0 Å². The third kappa shape index (κ3) is 2.27. The summed E-state index contributed by atoms with van der Waals surface area (Å²) in [5.41, 5.74) is 9.59. The monoisotopic (exact) mass is 318 g/mol. The van der Waals surface area contributed by atoms with E-state index in [-0.39, 0.29) is 6.61 Å². The number of rotatable bonds is 3. The van der Waals surface area contributed by atoms with Crippen molar-refractivity contribution in [2.45, 2.75) is 6.61 Å². The van der Waals surface area contributed by atoms with E-state index in [2.05, 4.69) is 19.9 Å². The van der Waals surface area contributed by atoms with Crippen molar-refractivity contribution in [2.75, 3.05) is 5.73 Å². The fourth-order valence-electron chi connectivity index (χ4n) is 2.59. The molecular weight excluding hydrogens is 304 g/mol. The second kappa shape index (κ2) is 5.71. The highest BCUT2D eigenvalue weighted by Gasteiger charge is 2.18. The molecule has 0 bridgehead atoms. The highest BCUT2D eigenvalue weighted by Crippen LogP contribution is 2.29. The Labute approximate surface area is 137 Å². The average Bonchev–Trinajstić information content (AvgIpc) is 3.01. The standard InChI is InChI=1S/C17H14N6O/c18-14-13(2-1-7-19-14)16-22-15-17(21-9-8-20-15)23(16)12-5-3-11(10-24)4-6-12/h1-9,24H,10H2,(H2,18,19). The minimum Gasteiger partial charge on any atom is -0.392 e. The summed E-state index contributed by atoms with van der Waals surface area (Å²) >= 11 is 0. The van der Waals surface area contributed by atoms with E-state index in [4.69, 9.17) is 5.73 Å². The first-order valence-electron chi connectivity index (χ1n) is 7.38. The van der Waals surface area contributed by atoms with Gasteiger partial charge >= 0.3 is 0 Å². The normalized spacial score (nSPS) is 11.0. The SMILES string of the molecule is Nc1ncccc1-c1nc2nccnc2n1-c1ccc(CO)cc1. The summed E-state index contributed by atoms with van der Waals surface area (Å²) < 4.78 is 1.89. The number of benzene rings is 1. The molecule has 7 heteroatoms. The lowest BCUT2D eigenvalue weighted by atomic mass is 10.2. The Hall–Kier alpha value is -3.32. The lowest BCUT2D eigenvalue weighted by molar-refractivity contribution is 0.282. The lowest BCUT2D eigenvalue weighted by Gasteiger charge is -2.10. The van der Waals surface area contributed by atoms with Crippen LogP contribution in [0.2, 0.25) is 0 Å². The van der Waals surface area contributed by atoms with Gasteiger partial charge in [0.15, 0.2) is 17.1 Å². The lowest BCUT2D eigenvalue weighted by Crippen LogP contribution is -2.02. The van der Waals surface area contributed by atoms with Gasteiger partial charge in [-0.25, -0.2) is 19.9 Å². The molecule has 0 saturated heterocycles. The van der Waals surface area contributed by atoms with E-state index < -0.39 is 0 Å². The molecular formula is C17H14N6O. The van der Waals surface area contributed by atoms with E-state index in [1.54, 1.807) is 18.6 Å². The molecule has 0 unspecified atom stereocenters. The van der Waals surface area contributed by atoms with Crippen molar-refractivity contribution in [3.05, 3.63) is 60.6 Å². The van der Waals surface area contributed by atoms with Crippen molar-refractivity contribution < 1.29 is 5.11 Å². The van der Waals surface area contributed by atoms with Crippen molar-refractivity contribution in [1.29, 1.82) is 0 Å². The number of hydrogen-bond acceptors (Lipinski definition) is 6. The molecule has 0 atom stereocenters. The second-order valence-electron chi connectivity index (χ2n) is 5.24. The number of fused-ring (bicyclic) bond motifs is 1. The van der Waals surface area contributed by atoms with Gasteiger partial charge in [-0.15, -0.1) is 0 Å². The first-order chi connectivity index (χ1) is 11.8. The molecule has 3 aromatic heterocycles. The van der Waals surface area contributed by atoms with E-state index in [1.807, 2.05) is 41.0 Å². The van der Waals surface area contributed by atoms with Crippen LogP contribution in [0.15, 0.2) is 55.0 Å². The van der Waals surface area contributed by atoms with Gasteiger partial charge in [0.1, 0.15) is 5.82 Å². The van der Waals surface area contributed by atoms with Crippen LogP contribution in [0.3, 0.4) is 0 Å². The smallest absolute Gasteiger partial charge is 0.198 e. The maximum Gasteiger partial charge on any atom is 0.198 e. The minimum absolute atomic E-state index is 0.00677. The van der Waals surface area contributed by atoms with Crippen LogP contribution >= 0.6 is 0 Å². The van der Waals surface area contributed by atoms with Gasteiger partial charge in [0.2, 0.25) is 0 Å². The number of imidazole rings is 1. The van der Waals surface area contributed by atoms with Crippen LogP contribution in [-0.4, -0.2) is 29.6 Å². The van der Waals surface area contributed by atoms with Crippen molar-refractivity contribution in [1.82, 2.24) is 24.5 Å². The van der Waals surface area contributed by atoms with E-state index in [0.717, 1.165) is 11.3 Å². The van der Waals surface area contributed by atoms with Crippen LogP contribution in [-0.2, 0) is 6.61 Å². The number of nitrogen functional groups attached to an aromatic ring is 1. The van der Waals surface area contributed by atoms with Gasteiger partial charge in [-0.3, -0.25) is 4.57 Å². The van der Waals surface area contributed by atoms with E-state index >= 15 is 0 Å². The number of aromatic nitrogens is 5. The molecule has 0 aliphatic rings. The zero-order valence-corrected chi connectivity index (χ0v) is 12.7. The molecule has 0 spiro atoms. The zero-order valence-electron chi connectivity index (χ0n) is 12.7. The molecule has 0 fully saturated rings. The summed E-state index contributed by atoms with van der Waals surface area (Å²) in [6, 6.07) is 11.2. The highest BCUT2D eigenvalue weighted by molar-refractivity contribution is 5.80. The predicted octanol–water partition coefficient (Wildman–Crippen LogP) is 1.95. The van der Waals surface area contributed by atoms with Gasteiger partial charge < -0.3 is 10.8 Å². The molecule has 0 aliphatic heterocycles. The Morgan fingerprint density at radius 2 is 1.75 bits per heavy atom. The molecule has 0 amide bonds. The quantitative estimate of drug-likeness (QED) is 0.598. The largest absolute Gasteiger partial charge is 0.392 e. The summed E-state index contributed by atoms with van der Waals surface area (Å²) in [6.07, 6.45) is 4.86. The molecule has 7 nitrogen and oxygen atoms in total. The summed E-state index contributed by atoms with van der Waals surface area (Å²) in [7, 11) is 0. The minimum atomic E-state index is -0.00677. The third-order valence-corrected chi connectivity index (χ3v) is 3.75. The van der Waals surface area contributed by atoms with Crippen LogP contribution in [0.5, 0.6) is 0 Å². The van der Waals surface area contributed by atoms with Gasteiger partial charge in [-0.2, -0.15) is 0 Å². The number of aliphatic hydroxyl groups excluding tert-OH is 1. The summed E-state index contributed by atoms with van der Waals surface area (Å²) in [4.78, 5) is 17.4. The first kappa shape index (κ1) is 14.3. The second-order valence-corrected chi connectivity index (χ2v) is 5.24. The molecule has 4 aromatic rings. The maximum atomic E-state index is 9.23. The number of anilines is 1. The van der Waals surface area contributed by atoms with Crippen molar-refractivity contribution in [3.63, 3.8) is 0 Å². The molecule has 118 valence electrons. The van der Waals surface area contributed by atoms with Crippen LogP contribution in [0.1, 0.15) is 5.56 Å². The molecule has 3 heterocycles. The Balaban J connectivity index is 2.01. The molecule has 0 radical (unpaired) electrons. The molecule has 1 aromatic carbocycles. The average molecular weight is 318 g/mol. The van der Waals surface area contributed by atoms with Gasteiger partial charge in [-0.05, 0) is 29.8 Å². The van der Waals surface area contributed by atoms with Gasteiger partial charge in [0.25, 0.3) is 0 Å². The molecule has 0 saturated carbocycles. The maximum absolute atomic E-state index is 9.23. The molecule has 24 heavy (non-hydrogen) atoms. The first-order valence-corrected chi connectivity index (χ1v) is 7.38. The van der Waals surface area contributed by atoms with Crippen LogP contribution in [0.25, 0.3) is 28.4 Å². The number of nitrogens with two attached hydrogens (primary N) is 1. The zero-order chi connectivity index (χ0) is 16.5. The summed E-state index contributed by atoms with van der Waals surface area (Å²) in [6.45, 7) is -0.00677. The Bertz CT molecular complexity index is 1010. The number of hydrogen-bond donors (Lipinski definition) is 2. The Kier molecular flexibility index (Phi) is 3.40. The Morgan fingerprint density at radius 3 is 2.50 bits per heavy atom. The topological polar surface area (TPSA) is 103 Å². The van der Waals surface area contributed by atoms with Gasteiger partial charge in [0, 0.05) is 24.3 Å². The van der Waals surface area contributed by atoms with E-state index in [1.165, 1.54) is 0 Å². The molecule has 3 N–H and O–H groups in total. The fourth-order valence-corrected chi connectivity index (χ4v) is 2.59. The third-order valence-electron chi connectivity index (χ3n) is 3.75. The van der Waals surface area contributed by atoms with Gasteiger partial charge in [-0.1, -0.05) is 12.1 Å². The Morgan fingerprint density at radius 1 is 0.958 bits per heavy atom. The number of nitrogens with zero attached hydrogens (tertiary/aromatic N) is 5. The van der Waals surface area contributed by atoms with Gasteiger partial charge in [0.05, 0.1) is 12.2 Å². The van der Waals surface area contributed by atoms with Crippen LogP contribution < -0.4 is 5.73 Å². The van der Waals surface area contributed by atoms with Crippen molar-refractivity contribution in [3.8, 4) is 17.1 Å². The summed E-state index contributed by atoms with van der Waals surface area (Å²) in [5, 5.41) is 9.23. The van der Waals surface area contributed by atoms with Crippen molar-refractivity contribution >= 4 is 17.1 Å². The highest BCUT2D eigenvalue weighted by atomic mass is 16.3. The van der Waals surface area contributed by atoms with Crippen LogP contribution in [0, 0.1) is 0 Å². The number of aliphatic hydroxyl groups is 1. The fraction of sp³-hybridized carbons (Fsp3) is 0.0588.